The third kappa shape index (κ3) is 2.51. The summed E-state index contributed by atoms with van der Waals surface area (Å²) >= 11 is 1.90. The smallest absolute Gasteiger partial charge is 0.231 e. The zero-order valence-corrected chi connectivity index (χ0v) is 10.7. The van der Waals surface area contributed by atoms with Gasteiger partial charge in [-0.3, -0.25) is 0 Å². The van der Waals surface area contributed by atoms with Gasteiger partial charge < -0.3 is 9.63 Å². The molecule has 1 aliphatic heterocycles. The summed E-state index contributed by atoms with van der Waals surface area (Å²) in [7, 11) is 0. The first-order valence-corrected chi connectivity index (χ1v) is 7.08. The van der Waals surface area contributed by atoms with E-state index in [1.54, 1.807) is 12.1 Å². The number of rotatable bonds is 3. The maximum atomic E-state index is 9.22. The third-order valence-corrected chi connectivity index (χ3v) is 4.37. The van der Waals surface area contributed by atoms with E-state index in [-0.39, 0.29) is 5.75 Å². The van der Waals surface area contributed by atoms with E-state index in [9.17, 15) is 5.11 Å². The Morgan fingerprint density at radius 3 is 2.89 bits per heavy atom. The van der Waals surface area contributed by atoms with Crippen LogP contribution >= 0.6 is 11.8 Å². The van der Waals surface area contributed by atoms with Crippen LogP contribution in [0.4, 0.5) is 0 Å². The largest absolute Gasteiger partial charge is 0.508 e. The Kier molecular flexibility index (Phi) is 3.23. The Bertz CT molecular complexity index is 518. The topological polar surface area (TPSA) is 59.2 Å². The van der Waals surface area contributed by atoms with Crippen LogP contribution in [0.25, 0.3) is 0 Å². The second-order valence-corrected chi connectivity index (χ2v) is 5.70. The highest BCUT2D eigenvalue weighted by molar-refractivity contribution is 7.99. The van der Waals surface area contributed by atoms with Gasteiger partial charge in [0.1, 0.15) is 5.75 Å². The minimum atomic E-state index is 0.271. The summed E-state index contributed by atoms with van der Waals surface area (Å²) in [6.07, 6.45) is 2.99. The van der Waals surface area contributed by atoms with E-state index in [1.807, 2.05) is 23.9 Å². The third-order valence-electron chi connectivity index (χ3n) is 2.99. The molecular formula is C13H14N2O2S. The lowest BCUT2D eigenvalue weighted by Crippen LogP contribution is -1.93. The molecule has 1 unspecified atom stereocenters. The second-order valence-electron chi connectivity index (χ2n) is 4.39. The number of aromatic hydroxyl groups is 1. The molecular weight excluding hydrogens is 248 g/mol. The summed E-state index contributed by atoms with van der Waals surface area (Å²) in [4.78, 5) is 4.45. The first kappa shape index (κ1) is 11.6. The Morgan fingerprint density at radius 2 is 2.17 bits per heavy atom. The van der Waals surface area contributed by atoms with Gasteiger partial charge in [-0.05, 0) is 36.3 Å². The standard InChI is InChI=1S/C13H14N2O2S/c16-10-5-3-9(4-6-10)8-12-14-13(15-17-12)11-2-1-7-18-11/h3-6,11,16H,1-2,7-8H2. The van der Waals surface area contributed by atoms with Crippen LogP contribution in [0.15, 0.2) is 28.8 Å². The van der Waals surface area contributed by atoms with Crippen molar-refractivity contribution in [3.8, 4) is 5.75 Å². The summed E-state index contributed by atoms with van der Waals surface area (Å²) < 4.78 is 5.27. The van der Waals surface area contributed by atoms with E-state index >= 15 is 0 Å². The van der Waals surface area contributed by atoms with Gasteiger partial charge in [0.05, 0.1) is 11.7 Å². The van der Waals surface area contributed by atoms with Gasteiger partial charge in [-0.15, -0.1) is 0 Å². The monoisotopic (exact) mass is 262 g/mol. The predicted octanol–water partition coefficient (Wildman–Crippen LogP) is 2.93. The molecule has 2 aromatic rings. The Morgan fingerprint density at radius 1 is 1.33 bits per heavy atom. The SMILES string of the molecule is Oc1ccc(Cc2nc(C3CCCS3)no2)cc1. The van der Waals surface area contributed by atoms with Crippen LogP contribution in [0.1, 0.15) is 35.4 Å². The molecule has 1 fully saturated rings. The minimum Gasteiger partial charge on any atom is -0.508 e. The Hall–Kier alpha value is -1.49. The molecule has 0 bridgehead atoms. The number of phenolic OH excluding ortho intramolecular Hbond substituents is 1. The van der Waals surface area contributed by atoms with Crippen molar-refractivity contribution in [3.05, 3.63) is 41.5 Å². The Balaban J connectivity index is 1.71. The quantitative estimate of drug-likeness (QED) is 0.921. The van der Waals surface area contributed by atoms with Gasteiger partial charge in [0, 0.05) is 0 Å². The zero-order chi connectivity index (χ0) is 12.4. The average Bonchev–Trinajstić information content (AvgIpc) is 3.02. The molecule has 3 rings (SSSR count). The van der Waals surface area contributed by atoms with Crippen LogP contribution < -0.4 is 0 Å². The number of benzene rings is 1. The van der Waals surface area contributed by atoms with E-state index in [0.29, 0.717) is 17.6 Å². The molecule has 0 saturated carbocycles. The van der Waals surface area contributed by atoms with Crippen molar-refractivity contribution < 1.29 is 9.63 Å². The average molecular weight is 262 g/mol. The highest BCUT2D eigenvalue weighted by Gasteiger charge is 2.22. The molecule has 1 aliphatic rings. The van der Waals surface area contributed by atoms with Crippen molar-refractivity contribution in [1.82, 2.24) is 10.1 Å². The fourth-order valence-corrected chi connectivity index (χ4v) is 3.24. The molecule has 0 amide bonds. The predicted molar refractivity (Wildman–Crippen MR) is 69.6 cm³/mol. The maximum Gasteiger partial charge on any atom is 0.231 e. The first-order chi connectivity index (χ1) is 8.81. The zero-order valence-electron chi connectivity index (χ0n) is 9.87. The fraction of sp³-hybridized carbons (Fsp3) is 0.385. The molecule has 0 radical (unpaired) electrons. The van der Waals surface area contributed by atoms with E-state index in [0.717, 1.165) is 17.8 Å². The van der Waals surface area contributed by atoms with Gasteiger partial charge in [-0.2, -0.15) is 16.7 Å². The van der Waals surface area contributed by atoms with E-state index in [4.69, 9.17) is 4.52 Å². The molecule has 1 aromatic heterocycles. The van der Waals surface area contributed by atoms with Crippen LogP contribution in [-0.2, 0) is 6.42 Å². The molecule has 4 nitrogen and oxygen atoms in total. The normalized spacial score (nSPS) is 19.2. The molecule has 0 aliphatic carbocycles. The van der Waals surface area contributed by atoms with Gasteiger partial charge in [0.2, 0.25) is 5.89 Å². The minimum absolute atomic E-state index is 0.271. The molecule has 2 heterocycles. The first-order valence-electron chi connectivity index (χ1n) is 6.03. The molecule has 1 N–H and O–H groups in total. The van der Waals surface area contributed by atoms with Gasteiger partial charge in [0.15, 0.2) is 5.82 Å². The molecule has 0 spiro atoms. The summed E-state index contributed by atoms with van der Waals surface area (Å²) in [6, 6.07) is 7.06. The van der Waals surface area contributed by atoms with E-state index in [2.05, 4.69) is 10.1 Å². The summed E-state index contributed by atoms with van der Waals surface area (Å²) in [6.45, 7) is 0. The fourth-order valence-electron chi connectivity index (χ4n) is 2.04. The van der Waals surface area contributed by atoms with Crippen molar-refractivity contribution in [2.24, 2.45) is 0 Å². The highest BCUT2D eigenvalue weighted by Crippen LogP contribution is 2.38. The maximum absolute atomic E-state index is 9.22. The van der Waals surface area contributed by atoms with Crippen LogP contribution in [0.5, 0.6) is 5.75 Å². The second kappa shape index (κ2) is 5.02. The van der Waals surface area contributed by atoms with E-state index < -0.39 is 0 Å². The molecule has 1 saturated heterocycles. The van der Waals surface area contributed by atoms with Gasteiger partial charge >= 0.3 is 0 Å². The lowest BCUT2D eigenvalue weighted by atomic mass is 10.1. The van der Waals surface area contributed by atoms with Gasteiger partial charge in [0.25, 0.3) is 0 Å². The summed E-state index contributed by atoms with van der Waals surface area (Å²) in [5, 5.41) is 13.7. The van der Waals surface area contributed by atoms with Crippen molar-refractivity contribution in [1.29, 1.82) is 0 Å². The Labute approximate surface area is 109 Å². The number of hydrogen-bond donors (Lipinski definition) is 1. The lowest BCUT2D eigenvalue weighted by Gasteiger charge is -1.99. The molecule has 94 valence electrons. The molecule has 18 heavy (non-hydrogen) atoms. The van der Waals surface area contributed by atoms with Crippen molar-refractivity contribution in [3.63, 3.8) is 0 Å². The van der Waals surface area contributed by atoms with E-state index in [1.165, 1.54) is 12.2 Å². The van der Waals surface area contributed by atoms with Crippen molar-refractivity contribution in [2.75, 3.05) is 5.75 Å². The molecule has 1 atom stereocenters. The van der Waals surface area contributed by atoms with Crippen LogP contribution in [0.3, 0.4) is 0 Å². The molecule has 1 aromatic carbocycles. The number of aromatic nitrogens is 2. The van der Waals surface area contributed by atoms with Crippen LogP contribution in [0.2, 0.25) is 0 Å². The van der Waals surface area contributed by atoms with Crippen LogP contribution in [-0.4, -0.2) is 21.0 Å². The summed E-state index contributed by atoms with van der Waals surface area (Å²) in [5.41, 5.74) is 1.06. The number of phenols is 1. The lowest BCUT2D eigenvalue weighted by molar-refractivity contribution is 0.378. The number of thioether (sulfide) groups is 1. The number of hydrogen-bond acceptors (Lipinski definition) is 5. The molecule has 5 heteroatoms. The summed E-state index contributed by atoms with van der Waals surface area (Å²) in [5.74, 6) is 2.92. The highest BCUT2D eigenvalue weighted by atomic mass is 32.2. The van der Waals surface area contributed by atoms with Gasteiger partial charge in [-0.25, -0.2) is 0 Å². The van der Waals surface area contributed by atoms with Crippen molar-refractivity contribution in [2.45, 2.75) is 24.5 Å². The van der Waals surface area contributed by atoms with Crippen LogP contribution in [0, 0.1) is 0 Å². The van der Waals surface area contributed by atoms with Gasteiger partial charge in [-0.1, -0.05) is 17.3 Å². The van der Waals surface area contributed by atoms with Crippen molar-refractivity contribution >= 4 is 11.8 Å². The number of nitrogens with zero attached hydrogens (tertiary/aromatic N) is 2.